The molecule has 2 amide bonds. The Morgan fingerprint density at radius 2 is 2.18 bits per heavy atom. The van der Waals surface area contributed by atoms with Gasteiger partial charge in [-0.25, -0.2) is 4.79 Å². The van der Waals surface area contributed by atoms with E-state index in [1.807, 2.05) is 42.5 Å². The van der Waals surface area contributed by atoms with Crippen LogP contribution in [0.15, 0.2) is 35.7 Å². The van der Waals surface area contributed by atoms with Crippen LogP contribution in [0.4, 0.5) is 4.79 Å². The smallest absolute Gasteiger partial charge is 0.317 e. The van der Waals surface area contributed by atoms with Crippen LogP contribution in [-0.4, -0.2) is 61.3 Å². The molecule has 1 aromatic carbocycles. The summed E-state index contributed by atoms with van der Waals surface area (Å²) in [7, 11) is 0. The van der Waals surface area contributed by atoms with E-state index in [1.54, 1.807) is 4.90 Å². The van der Waals surface area contributed by atoms with E-state index in [9.17, 15) is 4.79 Å². The highest BCUT2D eigenvalue weighted by molar-refractivity contribution is 7.10. The van der Waals surface area contributed by atoms with Gasteiger partial charge in [0.15, 0.2) is 17.6 Å². The van der Waals surface area contributed by atoms with E-state index in [4.69, 9.17) is 9.47 Å². The van der Waals surface area contributed by atoms with Gasteiger partial charge in [0.25, 0.3) is 0 Å². The molecule has 1 N–H and O–H groups in total. The van der Waals surface area contributed by atoms with Crippen molar-refractivity contribution in [1.82, 2.24) is 15.1 Å². The van der Waals surface area contributed by atoms with Crippen LogP contribution in [0.5, 0.6) is 11.5 Å². The first-order chi connectivity index (χ1) is 13.7. The predicted octanol–water partition coefficient (Wildman–Crippen LogP) is 2.98. The Balaban J connectivity index is 1.22. The fraction of sp³-hybridized carbons (Fsp3) is 0.476. The summed E-state index contributed by atoms with van der Waals surface area (Å²) >= 11 is 1.85. The third-order valence-electron chi connectivity index (χ3n) is 5.25. The van der Waals surface area contributed by atoms with E-state index >= 15 is 0 Å². The third kappa shape index (κ3) is 4.42. The molecule has 150 valence electrons. The number of nitrogens with one attached hydrogen (secondary N) is 1. The lowest BCUT2D eigenvalue weighted by Gasteiger charge is -2.31. The van der Waals surface area contributed by atoms with Crippen molar-refractivity contribution in [2.75, 3.05) is 39.3 Å². The molecule has 0 saturated heterocycles. The highest BCUT2D eigenvalue weighted by Crippen LogP contribution is 2.31. The minimum absolute atomic E-state index is 0.0433. The summed E-state index contributed by atoms with van der Waals surface area (Å²) in [6.45, 7) is 7.16. The van der Waals surface area contributed by atoms with Crippen LogP contribution in [0.1, 0.15) is 17.4 Å². The second-order valence-electron chi connectivity index (χ2n) is 7.16. The number of benzene rings is 1. The zero-order valence-electron chi connectivity index (χ0n) is 16.2. The largest absolute Gasteiger partial charge is 0.486 e. The molecule has 0 fully saturated rings. The van der Waals surface area contributed by atoms with E-state index in [0.717, 1.165) is 37.6 Å². The van der Waals surface area contributed by atoms with Crippen LogP contribution >= 0.6 is 11.3 Å². The quantitative estimate of drug-likeness (QED) is 0.809. The minimum Gasteiger partial charge on any atom is -0.486 e. The standard InChI is InChI=1S/C21H27N3O3S/c1-2-24(14-17-15-26-18-5-3-4-6-19(18)27-17)21(25)22-9-11-23-10-7-20-16(13-23)8-12-28-20/h3-6,8,12,17H,2,7,9-11,13-15H2,1H3,(H,22,25). The first kappa shape index (κ1) is 19.1. The summed E-state index contributed by atoms with van der Waals surface area (Å²) in [5.74, 6) is 1.51. The molecule has 1 atom stereocenters. The number of thiophene rings is 1. The SMILES string of the molecule is CCN(CC1COc2ccccc2O1)C(=O)NCCN1CCc2sccc2C1. The number of carbonyl (C=O) groups is 1. The number of fused-ring (bicyclic) bond motifs is 2. The normalized spacial score (nSPS) is 18.4. The molecule has 0 radical (unpaired) electrons. The molecule has 2 aliphatic heterocycles. The number of hydrogen-bond donors (Lipinski definition) is 1. The van der Waals surface area contributed by atoms with E-state index < -0.39 is 0 Å². The summed E-state index contributed by atoms with van der Waals surface area (Å²) in [4.78, 5) is 18.3. The van der Waals surface area contributed by atoms with Gasteiger partial charge >= 0.3 is 6.03 Å². The van der Waals surface area contributed by atoms with Crippen LogP contribution in [0.2, 0.25) is 0 Å². The van der Waals surface area contributed by atoms with Crippen molar-refractivity contribution in [3.63, 3.8) is 0 Å². The van der Waals surface area contributed by atoms with Crippen molar-refractivity contribution in [2.24, 2.45) is 0 Å². The molecule has 0 bridgehead atoms. The molecule has 0 spiro atoms. The van der Waals surface area contributed by atoms with E-state index in [1.165, 1.54) is 10.4 Å². The van der Waals surface area contributed by atoms with Crippen molar-refractivity contribution >= 4 is 17.4 Å². The topological polar surface area (TPSA) is 54.0 Å². The van der Waals surface area contributed by atoms with Gasteiger partial charge in [-0.3, -0.25) is 4.90 Å². The number of hydrogen-bond acceptors (Lipinski definition) is 5. The van der Waals surface area contributed by atoms with E-state index in [-0.39, 0.29) is 12.1 Å². The van der Waals surface area contributed by atoms with Gasteiger partial charge in [0.1, 0.15) is 6.61 Å². The van der Waals surface area contributed by atoms with Crippen molar-refractivity contribution in [1.29, 1.82) is 0 Å². The second kappa shape index (κ2) is 8.84. The Kier molecular flexibility index (Phi) is 6.02. The molecular weight excluding hydrogens is 374 g/mol. The molecule has 2 aromatic rings. The van der Waals surface area contributed by atoms with Gasteiger partial charge < -0.3 is 19.7 Å². The average Bonchev–Trinajstić information content (AvgIpc) is 3.19. The highest BCUT2D eigenvalue weighted by atomic mass is 32.1. The lowest BCUT2D eigenvalue weighted by molar-refractivity contribution is 0.0674. The maximum atomic E-state index is 12.6. The molecule has 0 saturated carbocycles. The van der Waals surface area contributed by atoms with E-state index in [2.05, 4.69) is 21.7 Å². The fourth-order valence-electron chi connectivity index (χ4n) is 3.68. The Morgan fingerprint density at radius 1 is 1.32 bits per heavy atom. The van der Waals surface area contributed by atoms with Crippen LogP contribution in [0.25, 0.3) is 0 Å². The maximum Gasteiger partial charge on any atom is 0.317 e. The van der Waals surface area contributed by atoms with Gasteiger partial charge in [0.2, 0.25) is 0 Å². The summed E-state index contributed by atoms with van der Waals surface area (Å²) in [5, 5.41) is 5.23. The summed E-state index contributed by atoms with van der Waals surface area (Å²) in [5.41, 5.74) is 1.44. The number of carbonyl (C=O) groups excluding carboxylic acids is 1. The summed E-state index contributed by atoms with van der Waals surface area (Å²) in [6.07, 6.45) is 0.961. The Hall–Kier alpha value is -2.25. The number of nitrogens with zero attached hydrogens (tertiary/aromatic N) is 2. The Morgan fingerprint density at radius 3 is 3.04 bits per heavy atom. The first-order valence-electron chi connectivity index (χ1n) is 9.91. The van der Waals surface area contributed by atoms with Gasteiger partial charge in [0, 0.05) is 37.6 Å². The molecule has 7 heteroatoms. The summed E-state index contributed by atoms with van der Waals surface area (Å²) < 4.78 is 11.7. The molecule has 0 aliphatic carbocycles. The fourth-order valence-corrected chi connectivity index (χ4v) is 4.57. The molecule has 4 rings (SSSR count). The van der Waals surface area contributed by atoms with Gasteiger partial charge in [-0.1, -0.05) is 12.1 Å². The van der Waals surface area contributed by atoms with Crippen LogP contribution in [-0.2, 0) is 13.0 Å². The van der Waals surface area contributed by atoms with Crippen LogP contribution < -0.4 is 14.8 Å². The minimum atomic E-state index is -0.153. The van der Waals surface area contributed by atoms with Crippen LogP contribution in [0, 0.1) is 0 Å². The third-order valence-corrected chi connectivity index (χ3v) is 6.27. The number of urea groups is 1. The lowest BCUT2D eigenvalue weighted by Crippen LogP contribution is -2.48. The predicted molar refractivity (Wildman–Crippen MR) is 110 cm³/mol. The second-order valence-corrected chi connectivity index (χ2v) is 8.16. The molecule has 6 nitrogen and oxygen atoms in total. The van der Waals surface area contributed by atoms with Gasteiger partial charge in [-0.05, 0) is 42.5 Å². The number of para-hydroxylation sites is 2. The van der Waals surface area contributed by atoms with Crippen molar-refractivity contribution in [2.45, 2.75) is 26.0 Å². The van der Waals surface area contributed by atoms with Crippen molar-refractivity contribution in [3.8, 4) is 11.5 Å². The lowest BCUT2D eigenvalue weighted by atomic mass is 10.1. The van der Waals surface area contributed by atoms with Crippen molar-refractivity contribution < 1.29 is 14.3 Å². The number of amides is 2. The molecule has 1 aromatic heterocycles. The molecule has 1 unspecified atom stereocenters. The monoisotopic (exact) mass is 401 g/mol. The average molecular weight is 402 g/mol. The van der Waals surface area contributed by atoms with Gasteiger partial charge in [-0.2, -0.15) is 0 Å². The molecule has 28 heavy (non-hydrogen) atoms. The molecule has 2 aliphatic rings. The van der Waals surface area contributed by atoms with Gasteiger partial charge in [-0.15, -0.1) is 11.3 Å². The first-order valence-corrected chi connectivity index (χ1v) is 10.8. The Bertz CT molecular complexity index is 810. The van der Waals surface area contributed by atoms with E-state index in [0.29, 0.717) is 26.2 Å². The number of likely N-dealkylation sites (N-methyl/N-ethyl adjacent to an activating group) is 1. The molecular formula is C21H27N3O3S. The Labute approximate surface area is 170 Å². The highest BCUT2D eigenvalue weighted by Gasteiger charge is 2.25. The zero-order chi connectivity index (χ0) is 19.3. The zero-order valence-corrected chi connectivity index (χ0v) is 17.0. The maximum absolute atomic E-state index is 12.6. The molecule has 3 heterocycles. The van der Waals surface area contributed by atoms with Crippen LogP contribution in [0.3, 0.4) is 0 Å². The van der Waals surface area contributed by atoms with Gasteiger partial charge in [0.05, 0.1) is 6.54 Å². The number of ether oxygens (including phenoxy) is 2. The number of rotatable bonds is 6. The van der Waals surface area contributed by atoms with Crippen molar-refractivity contribution in [3.05, 3.63) is 46.2 Å². The summed E-state index contributed by atoms with van der Waals surface area (Å²) in [6, 6.07) is 9.82.